The van der Waals surface area contributed by atoms with Crippen LogP contribution in [0.5, 0.6) is 11.5 Å². The molecule has 0 aromatic heterocycles. The number of hydrogen-bond acceptors (Lipinski definition) is 5. The summed E-state index contributed by atoms with van der Waals surface area (Å²) in [7, 11) is -3.85. The third kappa shape index (κ3) is 3.48. The second-order valence-corrected chi connectivity index (χ2v) is 7.61. The lowest BCUT2D eigenvalue weighted by Gasteiger charge is -2.12. The van der Waals surface area contributed by atoms with Gasteiger partial charge in [-0.05, 0) is 24.3 Å². The number of nitrogens with two attached hydrogens (primary N) is 1. The van der Waals surface area contributed by atoms with Crippen LogP contribution in [0, 0.1) is 0 Å². The second-order valence-electron chi connectivity index (χ2n) is 5.12. The van der Waals surface area contributed by atoms with Crippen molar-refractivity contribution in [2.75, 3.05) is 23.7 Å². The third-order valence-corrected chi connectivity index (χ3v) is 5.36. The molecule has 0 saturated carbocycles. The van der Waals surface area contributed by atoms with Crippen LogP contribution in [0.3, 0.4) is 0 Å². The monoisotopic (exact) mass is 388 g/mol. The van der Waals surface area contributed by atoms with Crippen molar-refractivity contribution in [3.8, 4) is 11.5 Å². The Labute approximate surface area is 149 Å². The molecular formula is C15H14Cl2N2O4S. The van der Waals surface area contributed by atoms with Crippen LogP contribution in [0.25, 0.3) is 0 Å². The molecule has 0 bridgehead atoms. The summed E-state index contributed by atoms with van der Waals surface area (Å²) in [5, 5.41) is 0.331. The number of nitrogens with one attached hydrogen (secondary N) is 1. The lowest BCUT2D eigenvalue weighted by atomic mass is 10.3. The summed E-state index contributed by atoms with van der Waals surface area (Å²) >= 11 is 11.9. The lowest BCUT2D eigenvalue weighted by Crippen LogP contribution is -2.13. The Kier molecular flexibility index (Phi) is 4.67. The first-order valence-electron chi connectivity index (χ1n) is 7.04. The zero-order valence-corrected chi connectivity index (χ0v) is 14.7. The number of sulfonamides is 1. The average molecular weight is 389 g/mol. The number of hydrogen-bond donors (Lipinski definition) is 2. The van der Waals surface area contributed by atoms with E-state index in [0.29, 0.717) is 24.7 Å². The molecule has 6 nitrogen and oxygen atoms in total. The van der Waals surface area contributed by atoms with Crippen LogP contribution in [-0.4, -0.2) is 21.6 Å². The Bertz CT molecular complexity index is 864. The maximum absolute atomic E-state index is 12.6. The van der Waals surface area contributed by atoms with Gasteiger partial charge in [0.2, 0.25) is 0 Å². The van der Waals surface area contributed by atoms with Crippen LogP contribution in [0.2, 0.25) is 10.0 Å². The number of halogens is 2. The minimum Gasteiger partial charge on any atom is -0.490 e. The van der Waals surface area contributed by atoms with Gasteiger partial charge in [0, 0.05) is 12.5 Å². The van der Waals surface area contributed by atoms with Gasteiger partial charge in [0.15, 0.2) is 11.5 Å². The highest BCUT2D eigenvalue weighted by Gasteiger charge is 2.19. The van der Waals surface area contributed by atoms with E-state index in [9.17, 15) is 8.42 Å². The summed E-state index contributed by atoms with van der Waals surface area (Å²) in [5.41, 5.74) is 6.05. The number of nitrogen functional groups attached to an aromatic ring is 1. The van der Waals surface area contributed by atoms with Crippen LogP contribution in [0.4, 0.5) is 11.4 Å². The van der Waals surface area contributed by atoms with E-state index in [1.807, 2.05) is 0 Å². The molecular weight excluding hydrogens is 375 g/mol. The van der Waals surface area contributed by atoms with Gasteiger partial charge in [-0.1, -0.05) is 23.2 Å². The SMILES string of the molecule is Nc1c(Cl)cc(NS(=O)(=O)c2ccc3c(c2)OCCCO3)cc1Cl. The number of fused-ring (bicyclic) bond motifs is 1. The molecule has 3 rings (SSSR count). The van der Waals surface area contributed by atoms with E-state index in [4.69, 9.17) is 38.4 Å². The van der Waals surface area contributed by atoms with Crippen LogP contribution < -0.4 is 19.9 Å². The van der Waals surface area contributed by atoms with E-state index >= 15 is 0 Å². The Balaban J connectivity index is 1.92. The van der Waals surface area contributed by atoms with Crippen molar-refractivity contribution in [2.24, 2.45) is 0 Å². The van der Waals surface area contributed by atoms with E-state index in [1.165, 1.54) is 24.3 Å². The zero-order valence-electron chi connectivity index (χ0n) is 12.4. The Morgan fingerprint density at radius 3 is 2.29 bits per heavy atom. The predicted octanol–water partition coefficient (Wildman–Crippen LogP) is 3.54. The van der Waals surface area contributed by atoms with Crippen molar-refractivity contribution < 1.29 is 17.9 Å². The summed E-state index contributed by atoms with van der Waals surface area (Å²) in [6.45, 7) is 0.993. The van der Waals surface area contributed by atoms with Gasteiger partial charge in [0.1, 0.15) is 0 Å². The zero-order chi connectivity index (χ0) is 17.3. The van der Waals surface area contributed by atoms with Crippen molar-refractivity contribution in [1.82, 2.24) is 0 Å². The normalized spacial score (nSPS) is 14.1. The van der Waals surface area contributed by atoms with E-state index in [0.717, 1.165) is 6.42 Å². The summed E-state index contributed by atoms with van der Waals surface area (Å²) in [6, 6.07) is 7.21. The molecule has 128 valence electrons. The van der Waals surface area contributed by atoms with Crippen molar-refractivity contribution in [3.63, 3.8) is 0 Å². The number of benzene rings is 2. The highest BCUT2D eigenvalue weighted by atomic mass is 35.5. The van der Waals surface area contributed by atoms with E-state index in [-0.39, 0.29) is 26.3 Å². The molecule has 0 radical (unpaired) electrons. The third-order valence-electron chi connectivity index (χ3n) is 3.36. The first-order valence-corrected chi connectivity index (χ1v) is 9.28. The van der Waals surface area contributed by atoms with Crippen LogP contribution in [-0.2, 0) is 10.0 Å². The first kappa shape index (κ1) is 17.0. The lowest BCUT2D eigenvalue weighted by molar-refractivity contribution is 0.297. The van der Waals surface area contributed by atoms with Crippen molar-refractivity contribution >= 4 is 44.6 Å². The molecule has 1 aliphatic heterocycles. The molecule has 0 atom stereocenters. The average Bonchev–Trinajstić information content (AvgIpc) is 2.76. The van der Waals surface area contributed by atoms with Gasteiger partial charge in [-0.3, -0.25) is 4.72 Å². The van der Waals surface area contributed by atoms with Gasteiger partial charge in [-0.2, -0.15) is 0 Å². The van der Waals surface area contributed by atoms with Gasteiger partial charge in [0.25, 0.3) is 10.0 Å². The molecule has 0 saturated heterocycles. The first-order chi connectivity index (χ1) is 11.4. The van der Waals surface area contributed by atoms with Gasteiger partial charge < -0.3 is 15.2 Å². The molecule has 3 N–H and O–H groups in total. The highest BCUT2D eigenvalue weighted by Crippen LogP contribution is 2.34. The Morgan fingerprint density at radius 2 is 1.62 bits per heavy atom. The molecule has 2 aromatic carbocycles. The summed E-state index contributed by atoms with van der Waals surface area (Å²) in [6.07, 6.45) is 0.734. The number of rotatable bonds is 3. The highest BCUT2D eigenvalue weighted by molar-refractivity contribution is 7.92. The maximum Gasteiger partial charge on any atom is 0.262 e. The maximum atomic E-state index is 12.6. The fourth-order valence-electron chi connectivity index (χ4n) is 2.17. The smallest absolute Gasteiger partial charge is 0.262 e. The molecule has 0 aliphatic carbocycles. The Hall–Kier alpha value is -1.83. The minimum atomic E-state index is -3.85. The summed E-state index contributed by atoms with van der Waals surface area (Å²) in [4.78, 5) is 0.0378. The molecule has 0 unspecified atom stereocenters. The van der Waals surface area contributed by atoms with Crippen LogP contribution in [0.1, 0.15) is 6.42 Å². The van der Waals surface area contributed by atoms with E-state index in [1.54, 1.807) is 6.07 Å². The molecule has 0 fully saturated rings. The molecule has 9 heteroatoms. The van der Waals surface area contributed by atoms with Gasteiger partial charge in [-0.25, -0.2) is 8.42 Å². The quantitative estimate of drug-likeness (QED) is 0.784. The number of ether oxygens (including phenoxy) is 2. The number of anilines is 2. The van der Waals surface area contributed by atoms with E-state index in [2.05, 4.69) is 4.72 Å². The Morgan fingerprint density at radius 1 is 1.00 bits per heavy atom. The fraction of sp³-hybridized carbons (Fsp3) is 0.200. The molecule has 1 aliphatic rings. The second kappa shape index (κ2) is 6.58. The predicted molar refractivity (Wildman–Crippen MR) is 93.7 cm³/mol. The van der Waals surface area contributed by atoms with Gasteiger partial charge in [-0.15, -0.1) is 0 Å². The van der Waals surface area contributed by atoms with Crippen LogP contribution in [0.15, 0.2) is 35.2 Å². The fourth-order valence-corrected chi connectivity index (χ4v) is 3.71. The molecule has 24 heavy (non-hydrogen) atoms. The largest absolute Gasteiger partial charge is 0.490 e. The van der Waals surface area contributed by atoms with Crippen molar-refractivity contribution in [1.29, 1.82) is 0 Å². The van der Waals surface area contributed by atoms with E-state index < -0.39 is 10.0 Å². The van der Waals surface area contributed by atoms with Gasteiger partial charge in [0.05, 0.1) is 39.5 Å². The standard InChI is InChI=1S/C15H14Cl2N2O4S/c16-11-6-9(7-12(17)15(11)18)19-24(20,21)10-2-3-13-14(8-10)23-5-1-4-22-13/h2-3,6-8,19H,1,4-5,18H2. The van der Waals surface area contributed by atoms with Crippen molar-refractivity contribution in [2.45, 2.75) is 11.3 Å². The topological polar surface area (TPSA) is 90.7 Å². The summed E-state index contributed by atoms with van der Waals surface area (Å²) in [5.74, 6) is 0.911. The summed E-state index contributed by atoms with van der Waals surface area (Å²) < 4.78 is 38.5. The van der Waals surface area contributed by atoms with Gasteiger partial charge >= 0.3 is 0 Å². The van der Waals surface area contributed by atoms with Crippen LogP contribution >= 0.6 is 23.2 Å². The molecule has 2 aromatic rings. The minimum absolute atomic E-state index is 0.0378. The molecule has 0 spiro atoms. The molecule has 1 heterocycles. The van der Waals surface area contributed by atoms with Crippen molar-refractivity contribution in [3.05, 3.63) is 40.4 Å². The molecule has 0 amide bonds.